The molecular weight excluding hydrogens is 422 g/mol. The lowest BCUT2D eigenvalue weighted by Crippen LogP contribution is -2.22. The summed E-state index contributed by atoms with van der Waals surface area (Å²) in [5, 5.41) is 11.4. The molecule has 0 atom stereocenters. The van der Waals surface area contributed by atoms with E-state index in [0.717, 1.165) is 23.9 Å². The number of amides is 2. The van der Waals surface area contributed by atoms with Gasteiger partial charge in [0.15, 0.2) is 19.0 Å². The van der Waals surface area contributed by atoms with Crippen LogP contribution in [0.3, 0.4) is 0 Å². The molecule has 0 aliphatic carbocycles. The molecule has 2 aromatic rings. The average molecular weight is 440 g/mol. The van der Waals surface area contributed by atoms with E-state index in [-0.39, 0.29) is 11.5 Å². The third-order valence-electron chi connectivity index (χ3n) is 3.64. The van der Waals surface area contributed by atoms with Crippen LogP contribution in [0.4, 0.5) is 42.6 Å². The molecule has 1 aromatic heterocycles. The van der Waals surface area contributed by atoms with E-state index >= 15 is 0 Å². The minimum atomic E-state index is -4.66. The number of ether oxygens (including phenoxy) is 2. The van der Waals surface area contributed by atoms with Crippen LogP contribution in [0.25, 0.3) is 0 Å². The van der Waals surface area contributed by atoms with Gasteiger partial charge in [0.2, 0.25) is 0 Å². The van der Waals surface area contributed by atoms with E-state index in [0.29, 0.717) is 12.0 Å². The Morgan fingerprint density at radius 1 is 1.00 bits per heavy atom. The number of aryl methyl sites for hydroxylation is 1. The number of nitrogens with zero attached hydrogens (tertiary/aromatic N) is 1. The summed E-state index contributed by atoms with van der Waals surface area (Å²) in [6.07, 6.45) is -8.69. The maximum atomic E-state index is 12.4. The summed E-state index contributed by atoms with van der Waals surface area (Å²) in [6, 6.07) is 2.06. The number of hydrogen-bond acceptors (Lipinski definition) is 4. The van der Waals surface area contributed by atoms with Crippen molar-refractivity contribution >= 4 is 17.5 Å². The Kier molecular flexibility index (Phi) is 7.05. The van der Waals surface area contributed by atoms with E-state index < -0.39 is 43.1 Å². The van der Waals surface area contributed by atoms with Crippen molar-refractivity contribution < 1.29 is 40.6 Å². The number of urea groups is 1. The van der Waals surface area contributed by atoms with Gasteiger partial charge >= 0.3 is 18.4 Å². The summed E-state index contributed by atoms with van der Waals surface area (Å²) < 4.78 is 83.3. The second-order valence-electron chi connectivity index (χ2n) is 6.11. The van der Waals surface area contributed by atoms with E-state index in [9.17, 15) is 31.1 Å². The molecule has 0 saturated heterocycles. The van der Waals surface area contributed by atoms with E-state index in [1.807, 2.05) is 6.92 Å². The number of benzene rings is 1. The highest BCUT2D eigenvalue weighted by Crippen LogP contribution is 2.29. The van der Waals surface area contributed by atoms with Gasteiger partial charge in [-0.05, 0) is 13.3 Å². The van der Waals surface area contributed by atoms with Crippen LogP contribution in [0.15, 0.2) is 18.2 Å². The number of carbonyl (C=O) groups excluding carboxylic acids is 1. The molecule has 13 heteroatoms. The number of H-pyrrole nitrogens is 1. The summed E-state index contributed by atoms with van der Waals surface area (Å²) in [6.45, 7) is 0.243. The molecule has 2 amide bonds. The van der Waals surface area contributed by atoms with Gasteiger partial charge in [0.05, 0.1) is 0 Å². The maximum Gasteiger partial charge on any atom is 0.422 e. The quantitative estimate of drug-likeness (QED) is 0.540. The van der Waals surface area contributed by atoms with Crippen LogP contribution in [0.1, 0.15) is 18.2 Å². The number of aromatic amines is 1. The van der Waals surface area contributed by atoms with Crippen molar-refractivity contribution in [1.82, 2.24) is 10.2 Å². The number of hydrogen-bond donors (Lipinski definition) is 3. The molecule has 0 unspecified atom stereocenters. The SMILES string of the molecule is CCc1[nH]nc(NC(=O)Nc2cc(OCC(F)(F)F)cc(OCC(F)(F)F)c2)c1C. The summed E-state index contributed by atoms with van der Waals surface area (Å²) >= 11 is 0. The molecule has 166 valence electrons. The van der Waals surface area contributed by atoms with Crippen molar-refractivity contribution in [3.8, 4) is 11.5 Å². The zero-order valence-electron chi connectivity index (χ0n) is 15.8. The summed E-state index contributed by atoms with van der Waals surface area (Å²) in [5.41, 5.74) is 1.33. The molecule has 7 nitrogen and oxygen atoms in total. The van der Waals surface area contributed by atoms with Crippen molar-refractivity contribution in [3.63, 3.8) is 0 Å². The van der Waals surface area contributed by atoms with Crippen LogP contribution < -0.4 is 20.1 Å². The highest BCUT2D eigenvalue weighted by atomic mass is 19.4. The number of halogens is 6. The largest absolute Gasteiger partial charge is 0.484 e. The Bertz CT molecular complexity index is 843. The number of nitrogens with one attached hydrogen (secondary N) is 3. The van der Waals surface area contributed by atoms with Crippen LogP contribution in [0.2, 0.25) is 0 Å². The number of carbonyl (C=O) groups is 1. The molecule has 2 rings (SSSR count). The third kappa shape index (κ3) is 7.37. The first-order valence-electron chi connectivity index (χ1n) is 8.52. The maximum absolute atomic E-state index is 12.4. The van der Waals surface area contributed by atoms with Crippen molar-refractivity contribution in [2.75, 3.05) is 23.8 Å². The van der Waals surface area contributed by atoms with Gasteiger partial charge in [-0.1, -0.05) is 6.92 Å². The van der Waals surface area contributed by atoms with Gasteiger partial charge in [-0.25, -0.2) is 4.79 Å². The number of alkyl halides is 6. The lowest BCUT2D eigenvalue weighted by molar-refractivity contribution is -0.153. The monoisotopic (exact) mass is 440 g/mol. The zero-order valence-corrected chi connectivity index (χ0v) is 15.8. The second-order valence-corrected chi connectivity index (χ2v) is 6.11. The van der Waals surface area contributed by atoms with E-state index in [2.05, 4.69) is 30.3 Å². The third-order valence-corrected chi connectivity index (χ3v) is 3.64. The standard InChI is InChI=1S/C17H18F6N4O3/c1-3-13-9(2)14(27-26-13)25-15(28)24-10-4-11(29-7-16(18,19)20)6-12(5-10)30-8-17(21,22)23/h4-6H,3,7-8H2,1-2H3,(H3,24,25,26,27,28). The number of rotatable bonds is 7. The van der Waals surface area contributed by atoms with Crippen molar-refractivity contribution in [1.29, 1.82) is 0 Å². The van der Waals surface area contributed by atoms with Gasteiger partial charge in [-0.2, -0.15) is 31.4 Å². The highest BCUT2D eigenvalue weighted by Gasteiger charge is 2.30. The molecule has 1 heterocycles. The first kappa shape index (κ1) is 23.2. The average Bonchev–Trinajstić information content (AvgIpc) is 2.96. The van der Waals surface area contributed by atoms with Gasteiger partial charge in [-0.15, -0.1) is 0 Å². The van der Waals surface area contributed by atoms with E-state index in [1.54, 1.807) is 6.92 Å². The second kappa shape index (κ2) is 9.13. The molecule has 0 spiro atoms. The van der Waals surface area contributed by atoms with Crippen LogP contribution in [-0.2, 0) is 6.42 Å². The fourth-order valence-corrected chi connectivity index (χ4v) is 2.31. The molecule has 30 heavy (non-hydrogen) atoms. The lowest BCUT2D eigenvalue weighted by atomic mass is 10.2. The summed E-state index contributed by atoms with van der Waals surface area (Å²) in [7, 11) is 0. The van der Waals surface area contributed by atoms with Crippen LogP contribution >= 0.6 is 0 Å². The molecule has 1 aromatic carbocycles. The minimum Gasteiger partial charge on any atom is -0.484 e. The molecule has 3 N–H and O–H groups in total. The molecule has 0 fully saturated rings. The normalized spacial score (nSPS) is 11.9. The fraction of sp³-hybridized carbons (Fsp3) is 0.412. The number of aromatic nitrogens is 2. The first-order chi connectivity index (χ1) is 13.9. The van der Waals surface area contributed by atoms with Gasteiger partial charge in [0.25, 0.3) is 0 Å². The fourth-order valence-electron chi connectivity index (χ4n) is 2.31. The highest BCUT2D eigenvalue weighted by molar-refractivity contribution is 5.99. The van der Waals surface area contributed by atoms with Crippen LogP contribution in [0.5, 0.6) is 11.5 Å². The Labute approximate surface area is 166 Å². The van der Waals surface area contributed by atoms with E-state index in [1.165, 1.54) is 0 Å². The van der Waals surface area contributed by atoms with Gasteiger partial charge in [0.1, 0.15) is 11.5 Å². The molecular formula is C17H18F6N4O3. The van der Waals surface area contributed by atoms with Crippen LogP contribution in [0, 0.1) is 6.92 Å². The molecule has 0 aliphatic rings. The van der Waals surface area contributed by atoms with Crippen molar-refractivity contribution in [2.45, 2.75) is 32.6 Å². The van der Waals surface area contributed by atoms with Crippen molar-refractivity contribution in [2.24, 2.45) is 0 Å². The molecule has 0 bridgehead atoms. The van der Waals surface area contributed by atoms with Crippen molar-refractivity contribution in [3.05, 3.63) is 29.5 Å². The van der Waals surface area contributed by atoms with E-state index in [4.69, 9.17) is 0 Å². The zero-order chi connectivity index (χ0) is 22.5. The smallest absolute Gasteiger partial charge is 0.422 e. The predicted molar refractivity (Wildman–Crippen MR) is 94.9 cm³/mol. The summed E-state index contributed by atoms with van der Waals surface area (Å²) in [5.74, 6) is -0.652. The minimum absolute atomic E-state index is 0.145. The molecule has 0 aliphatic heterocycles. The van der Waals surface area contributed by atoms with Gasteiger partial charge in [0, 0.05) is 35.1 Å². The lowest BCUT2D eigenvalue weighted by Gasteiger charge is -2.15. The number of anilines is 2. The Balaban J connectivity index is 2.16. The Morgan fingerprint density at radius 2 is 1.53 bits per heavy atom. The van der Waals surface area contributed by atoms with Gasteiger partial charge < -0.3 is 14.8 Å². The van der Waals surface area contributed by atoms with Gasteiger partial charge in [-0.3, -0.25) is 10.4 Å². The Hall–Kier alpha value is -3.12. The Morgan fingerprint density at radius 3 is 1.97 bits per heavy atom. The first-order valence-corrected chi connectivity index (χ1v) is 8.52. The molecule has 0 saturated carbocycles. The predicted octanol–water partition coefficient (Wildman–Crippen LogP) is 4.81. The summed E-state index contributed by atoms with van der Waals surface area (Å²) in [4.78, 5) is 12.2. The topological polar surface area (TPSA) is 88.3 Å². The van der Waals surface area contributed by atoms with Crippen LogP contribution in [-0.4, -0.2) is 41.8 Å². The molecule has 0 radical (unpaired) electrons.